The summed E-state index contributed by atoms with van der Waals surface area (Å²) in [4.78, 5) is 13.7. The second kappa shape index (κ2) is 3.99. The Morgan fingerprint density at radius 2 is 1.71 bits per heavy atom. The highest BCUT2D eigenvalue weighted by atomic mass is 16.5. The average Bonchev–Trinajstić information content (AvgIpc) is 2.01. The van der Waals surface area contributed by atoms with Crippen molar-refractivity contribution in [3.63, 3.8) is 0 Å². The molecule has 3 nitrogen and oxygen atoms in total. The van der Waals surface area contributed by atoms with E-state index in [1.807, 2.05) is 13.8 Å². The van der Waals surface area contributed by atoms with Crippen LogP contribution in [-0.4, -0.2) is 41.5 Å². The summed E-state index contributed by atoms with van der Waals surface area (Å²) >= 11 is 0. The first kappa shape index (κ1) is 11.7. The van der Waals surface area contributed by atoms with Crippen LogP contribution < -0.4 is 0 Å². The van der Waals surface area contributed by atoms with Crippen molar-refractivity contribution in [2.45, 2.75) is 52.4 Å². The van der Waals surface area contributed by atoms with Crippen molar-refractivity contribution >= 4 is 5.78 Å². The van der Waals surface area contributed by atoms with Crippen LogP contribution in [0.25, 0.3) is 0 Å². The van der Waals surface area contributed by atoms with Gasteiger partial charge in [-0.2, -0.15) is 0 Å². The number of ketones is 1. The molecule has 82 valence electrons. The van der Waals surface area contributed by atoms with Crippen molar-refractivity contribution in [3.8, 4) is 0 Å². The van der Waals surface area contributed by atoms with Crippen LogP contribution in [0.2, 0.25) is 0 Å². The van der Waals surface area contributed by atoms with Gasteiger partial charge in [0.25, 0.3) is 0 Å². The fraction of sp³-hybridized carbons (Fsp3) is 0.909. The number of carbonyl (C=O) groups is 1. The Bertz CT molecular complexity index is 215. The largest absolute Gasteiger partial charge is 0.373 e. The zero-order valence-electron chi connectivity index (χ0n) is 9.83. The van der Waals surface area contributed by atoms with Gasteiger partial charge in [-0.1, -0.05) is 0 Å². The molecule has 0 N–H and O–H groups in total. The Hall–Kier alpha value is -0.410. The Kier molecular flexibility index (Phi) is 3.32. The number of hydrogen-bond acceptors (Lipinski definition) is 3. The molecule has 3 heteroatoms. The van der Waals surface area contributed by atoms with Gasteiger partial charge in [0.2, 0.25) is 0 Å². The number of hydrogen-bond donors (Lipinski definition) is 0. The van der Waals surface area contributed by atoms with E-state index in [2.05, 4.69) is 18.7 Å². The smallest absolute Gasteiger partial charge is 0.149 e. The Labute approximate surface area is 86.4 Å². The van der Waals surface area contributed by atoms with Gasteiger partial charge >= 0.3 is 0 Å². The summed E-state index contributed by atoms with van der Waals surface area (Å²) in [7, 11) is 0. The molecule has 0 amide bonds. The minimum Gasteiger partial charge on any atom is -0.373 e. The van der Waals surface area contributed by atoms with Crippen molar-refractivity contribution < 1.29 is 9.53 Å². The Balaban J connectivity index is 2.72. The molecule has 1 rings (SSSR count). The lowest BCUT2D eigenvalue weighted by atomic mass is 9.96. The lowest BCUT2D eigenvalue weighted by Gasteiger charge is -2.43. The normalized spacial score (nSPS) is 30.4. The molecule has 0 unspecified atom stereocenters. The van der Waals surface area contributed by atoms with Gasteiger partial charge in [0.1, 0.15) is 5.78 Å². The summed E-state index contributed by atoms with van der Waals surface area (Å²) in [5.74, 6) is 0.221. The van der Waals surface area contributed by atoms with Crippen LogP contribution in [-0.2, 0) is 9.53 Å². The lowest BCUT2D eigenvalue weighted by Crippen LogP contribution is -2.57. The zero-order chi connectivity index (χ0) is 10.9. The summed E-state index contributed by atoms with van der Waals surface area (Å²) in [5, 5.41) is 0. The fourth-order valence-electron chi connectivity index (χ4n) is 1.86. The monoisotopic (exact) mass is 199 g/mol. The number of Topliss-reactive ketones (excluding diaryl/α,β-unsaturated/α-hetero) is 1. The second-order valence-electron chi connectivity index (χ2n) is 4.78. The molecule has 0 spiro atoms. The number of morpholine rings is 1. The van der Waals surface area contributed by atoms with E-state index in [1.165, 1.54) is 0 Å². The Morgan fingerprint density at radius 1 is 1.29 bits per heavy atom. The van der Waals surface area contributed by atoms with E-state index in [4.69, 9.17) is 4.74 Å². The molecule has 1 fully saturated rings. The van der Waals surface area contributed by atoms with Crippen LogP contribution >= 0.6 is 0 Å². The van der Waals surface area contributed by atoms with E-state index < -0.39 is 0 Å². The first-order valence-corrected chi connectivity index (χ1v) is 5.25. The van der Waals surface area contributed by atoms with Gasteiger partial charge in [0, 0.05) is 13.1 Å². The standard InChI is InChI=1S/C11H21NO2/c1-8-6-12(7-9(2)14-8)11(4,5)10(3)13/h8-9H,6-7H2,1-5H3/t8-,9+. The molecule has 0 aromatic carbocycles. The molecule has 1 aliphatic heterocycles. The van der Waals surface area contributed by atoms with E-state index in [0.717, 1.165) is 13.1 Å². The molecule has 0 aromatic heterocycles. The molecule has 0 aromatic rings. The highest BCUT2D eigenvalue weighted by molar-refractivity contribution is 5.85. The topological polar surface area (TPSA) is 29.5 Å². The van der Waals surface area contributed by atoms with E-state index in [1.54, 1.807) is 6.92 Å². The lowest BCUT2D eigenvalue weighted by molar-refractivity contribution is -0.137. The molecule has 1 saturated heterocycles. The van der Waals surface area contributed by atoms with Crippen LogP contribution in [0.4, 0.5) is 0 Å². The third kappa shape index (κ3) is 2.34. The highest BCUT2D eigenvalue weighted by Gasteiger charge is 2.36. The van der Waals surface area contributed by atoms with E-state index in [0.29, 0.717) is 0 Å². The molecule has 0 aliphatic carbocycles. The molecular weight excluding hydrogens is 178 g/mol. The van der Waals surface area contributed by atoms with E-state index in [-0.39, 0.29) is 23.5 Å². The maximum atomic E-state index is 11.5. The SMILES string of the molecule is CC(=O)C(C)(C)N1C[C@@H](C)O[C@@H](C)C1. The molecular formula is C11H21NO2. The van der Waals surface area contributed by atoms with Gasteiger partial charge in [0.05, 0.1) is 17.7 Å². The Morgan fingerprint density at radius 3 is 2.07 bits per heavy atom. The predicted molar refractivity (Wildman–Crippen MR) is 56.3 cm³/mol. The molecule has 0 radical (unpaired) electrons. The van der Waals surface area contributed by atoms with Crippen LogP contribution in [0.1, 0.15) is 34.6 Å². The quantitative estimate of drug-likeness (QED) is 0.674. The van der Waals surface area contributed by atoms with Crippen molar-refractivity contribution in [1.29, 1.82) is 0 Å². The van der Waals surface area contributed by atoms with Gasteiger partial charge in [-0.15, -0.1) is 0 Å². The number of carbonyl (C=O) groups excluding carboxylic acids is 1. The highest BCUT2D eigenvalue weighted by Crippen LogP contribution is 2.21. The van der Waals surface area contributed by atoms with Gasteiger partial charge in [0.15, 0.2) is 0 Å². The van der Waals surface area contributed by atoms with Gasteiger partial charge in [-0.25, -0.2) is 0 Å². The molecule has 2 atom stereocenters. The molecule has 14 heavy (non-hydrogen) atoms. The summed E-state index contributed by atoms with van der Waals surface area (Å²) in [6, 6.07) is 0. The van der Waals surface area contributed by atoms with Crippen LogP contribution in [0, 0.1) is 0 Å². The molecule has 0 bridgehead atoms. The predicted octanol–water partition coefficient (Wildman–Crippen LogP) is 1.46. The van der Waals surface area contributed by atoms with E-state index in [9.17, 15) is 4.79 Å². The summed E-state index contributed by atoms with van der Waals surface area (Å²) < 4.78 is 5.64. The molecule has 0 saturated carbocycles. The minimum absolute atomic E-state index is 0.220. The van der Waals surface area contributed by atoms with Gasteiger partial charge in [-0.3, -0.25) is 9.69 Å². The second-order valence-corrected chi connectivity index (χ2v) is 4.78. The summed E-state index contributed by atoms with van der Waals surface area (Å²) in [6.45, 7) is 11.4. The molecule has 1 heterocycles. The van der Waals surface area contributed by atoms with Gasteiger partial charge < -0.3 is 4.74 Å². The van der Waals surface area contributed by atoms with Crippen molar-refractivity contribution in [2.24, 2.45) is 0 Å². The van der Waals surface area contributed by atoms with Crippen LogP contribution in [0.15, 0.2) is 0 Å². The summed E-state index contributed by atoms with van der Waals surface area (Å²) in [6.07, 6.45) is 0.440. The van der Waals surface area contributed by atoms with Crippen molar-refractivity contribution in [2.75, 3.05) is 13.1 Å². The minimum atomic E-state index is -0.355. The zero-order valence-corrected chi connectivity index (χ0v) is 9.83. The summed E-state index contributed by atoms with van der Waals surface area (Å²) in [5.41, 5.74) is -0.355. The number of ether oxygens (including phenoxy) is 1. The van der Waals surface area contributed by atoms with Gasteiger partial charge in [-0.05, 0) is 34.6 Å². The first-order chi connectivity index (χ1) is 6.34. The van der Waals surface area contributed by atoms with Crippen molar-refractivity contribution in [1.82, 2.24) is 4.90 Å². The third-order valence-corrected chi connectivity index (χ3v) is 3.07. The maximum Gasteiger partial charge on any atom is 0.149 e. The third-order valence-electron chi connectivity index (χ3n) is 3.07. The maximum absolute atomic E-state index is 11.5. The number of rotatable bonds is 2. The van der Waals surface area contributed by atoms with Crippen molar-refractivity contribution in [3.05, 3.63) is 0 Å². The molecule has 1 aliphatic rings. The number of nitrogens with zero attached hydrogens (tertiary/aromatic N) is 1. The van der Waals surface area contributed by atoms with E-state index >= 15 is 0 Å². The fourth-order valence-corrected chi connectivity index (χ4v) is 1.86. The average molecular weight is 199 g/mol. The first-order valence-electron chi connectivity index (χ1n) is 5.25. The van der Waals surface area contributed by atoms with Crippen LogP contribution in [0.5, 0.6) is 0 Å². The van der Waals surface area contributed by atoms with Crippen LogP contribution in [0.3, 0.4) is 0 Å².